The molecule has 0 aromatic carbocycles. The van der Waals surface area contributed by atoms with Gasteiger partial charge in [0.25, 0.3) is 0 Å². The van der Waals surface area contributed by atoms with Gasteiger partial charge in [0.2, 0.25) is 0 Å². The highest BCUT2D eigenvalue weighted by atomic mass is 32.2. The number of rotatable bonds is 4. The van der Waals surface area contributed by atoms with Crippen LogP contribution >= 0.6 is 11.8 Å². The molecule has 2 rings (SSSR count). The Morgan fingerprint density at radius 3 is 2.45 bits per heavy atom. The molecule has 1 unspecified atom stereocenters. The van der Waals surface area contributed by atoms with E-state index in [1.807, 2.05) is 0 Å². The molecule has 20 heavy (non-hydrogen) atoms. The summed E-state index contributed by atoms with van der Waals surface area (Å²) in [7, 11) is 2.23. The van der Waals surface area contributed by atoms with E-state index in [9.17, 15) is 0 Å². The highest BCUT2D eigenvalue weighted by Gasteiger charge is 2.35. The number of piperazine rings is 1. The quantitative estimate of drug-likeness (QED) is 0.857. The van der Waals surface area contributed by atoms with Crippen molar-refractivity contribution in [2.24, 2.45) is 5.41 Å². The summed E-state index contributed by atoms with van der Waals surface area (Å²) in [5, 5.41) is 3.88. The molecule has 0 aliphatic carbocycles. The molecule has 1 atom stereocenters. The summed E-state index contributed by atoms with van der Waals surface area (Å²) in [6.07, 6.45) is 1.34. The van der Waals surface area contributed by atoms with Crippen molar-refractivity contribution < 1.29 is 0 Å². The van der Waals surface area contributed by atoms with Gasteiger partial charge in [-0.2, -0.15) is 11.8 Å². The Hall–Kier alpha value is 0.230. The van der Waals surface area contributed by atoms with E-state index in [-0.39, 0.29) is 5.54 Å². The molecule has 2 heterocycles. The Kier molecular flexibility index (Phi) is 5.44. The van der Waals surface area contributed by atoms with Crippen LogP contribution in [0.1, 0.15) is 34.1 Å². The second-order valence-electron chi connectivity index (χ2n) is 7.85. The fraction of sp³-hybridized carbons (Fsp3) is 1.00. The topological polar surface area (TPSA) is 18.5 Å². The third-order valence-electron chi connectivity index (χ3n) is 5.26. The van der Waals surface area contributed by atoms with Crippen molar-refractivity contribution in [2.45, 2.75) is 45.7 Å². The summed E-state index contributed by atoms with van der Waals surface area (Å²) in [6, 6.07) is 0.660. The minimum Gasteiger partial charge on any atom is -0.311 e. The van der Waals surface area contributed by atoms with Gasteiger partial charge in [-0.3, -0.25) is 4.90 Å². The summed E-state index contributed by atoms with van der Waals surface area (Å²) in [5.74, 6) is 2.60. The summed E-state index contributed by atoms with van der Waals surface area (Å²) in [4.78, 5) is 5.09. The van der Waals surface area contributed by atoms with Gasteiger partial charge in [-0.25, -0.2) is 0 Å². The number of nitrogens with one attached hydrogen (secondary N) is 1. The molecule has 0 spiro atoms. The van der Waals surface area contributed by atoms with Crippen molar-refractivity contribution >= 4 is 11.8 Å². The van der Waals surface area contributed by atoms with Crippen LogP contribution in [0.2, 0.25) is 0 Å². The van der Waals surface area contributed by atoms with Gasteiger partial charge in [0.15, 0.2) is 0 Å². The first-order chi connectivity index (χ1) is 9.31. The Labute approximate surface area is 129 Å². The molecule has 3 nitrogen and oxygen atoms in total. The predicted molar refractivity (Wildman–Crippen MR) is 90.7 cm³/mol. The predicted octanol–water partition coefficient (Wildman–Crippen LogP) is 2.13. The lowest BCUT2D eigenvalue weighted by molar-refractivity contribution is 0.0568. The van der Waals surface area contributed by atoms with E-state index in [1.165, 1.54) is 44.1 Å². The standard InChI is InChI=1S/C16H33N3S/c1-15(2)6-11-20-12-14(15)17-13-16(3,4)19-9-7-18(5)8-10-19/h14,17H,6-13H2,1-5H3. The van der Waals surface area contributed by atoms with Crippen LogP contribution in [-0.4, -0.2) is 72.7 Å². The molecule has 2 fully saturated rings. The zero-order chi connectivity index (χ0) is 14.8. The molecular formula is C16H33N3S. The zero-order valence-corrected chi connectivity index (χ0v) is 14.9. The minimum atomic E-state index is 0.263. The van der Waals surface area contributed by atoms with E-state index in [0.29, 0.717) is 11.5 Å². The average molecular weight is 300 g/mol. The van der Waals surface area contributed by atoms with Crippen molar-refractivity contribution in [3.8, 4) is 0 Å². The van der Waals surface area contributed by atoms with E-state index in [4.69, 9.17) is 0 Å². The molecule has 0 aromatic rings. The zero-order valence-electron chi connectivity index (χ0n) is 14.0. The van der Waals surface area contributed by atoms with Crippen molar-refractivity contribution in [3.63, 3.8) is 0 Å². The first kappa shape index (κ1) is 16.6. The van der Waals surface area contributed by atoms with Crippen molar-refractivity contribution in [3.05, 3.63) is 0 Å². The Morgan fingerprint density at radius 1 is 1.20 bits per heavy atom. The first-order valence-corrected chi connectivity index (χ1v) is 9.21. The van der Waals surface area contributed by atoms with Crippen molar-refractivity contribution in [1.29, 1.82) is 0 Å². The number of thioether (sulfide) groups is 1. The second kappa shape index (κ2) is 6.55. The minimum absolute atomic E-state index is 0.263. The van der Waals surface area contributed by atoms with Crippen LogP contribution < -0.4 is 5.32 Å². The summed E-state index contributed by atoms with van der Waals surface area (Å²) in [5.41, 5.74) is 0.711. The van der Waals surface area contributed by atoms with Crippen molar-refractivity contribution in [2.75, 3.05) is 51.3 Å². The largest absolute Gasteiger partial charge is 0.311 e. The van der Waals surface area contributed by atoms with Gasteiger partial charge in [0.05, 0.1) is 0 Å². The van der Waals surface area contributed by atoms with Gasteiger partial charge in [-0.05, 0) is 38.5 Å². The lowest BCUT2D eigenvalue weighted by Crippen LogP contribution is -2.59. The maximum Gasteiger partial charge on any atom is 0.0278 e. The molecule has 118 valence electrons. The average Bonchev–Trinajstić information content (AvgIpc) is 2.37. The monoisotopic (exact) mass is 299 g/mol. The Morgan fingerprint density at radius 2 is 1.85 bits per heavy atom. The normalized spacial score (nSPS) is 29.6. The number of hydrogen-bond donors (Lipinski definition) is 1. The molecule has 0 bridgehead atoms. The molecule has 0 aromatic heterocycles. The van der Waals surface area contributed by atoms with E-state index in [2.05, 4.69) is 61.6 Å². The molecule has 4 heteroatoms. The Bertz CT molecular complexity index is 309. The fourth-order valence-corrected chi connectivity index (χ4v) is 4.81. The molecule has 1 N–H and O–H groups in total. The maximum atomic E-state index is 3.88. The molecular weight excluding hydrogens is 266 g/mol. The van der Waals surface area contributed by atoms with Crippen LogP contribution in [0, 0.1) is 5.41 Å². The van der Waals surface area contributed by atoms with Gasteiger partial charge in [-0.1, -0.05) is 13.8 Å². The number of nitrogens with zero attached hydrogens (tertiary/aromatic N) is 2. The highest BCUT2D eigenvalue weighted by Crippen LogP contribution is 2.34. The van der Waals surface area contributed by atoms with Gasteiger partial charge in [0, 0.05) is 50.1 Å². The van der Waals surface area contributed by atoms with Gasteiger partial charge in [-0.15, -0.1) is 0 Å². The smallest absolute Gasteiger partial charge is 0.0278 e. The Balaban J connectivity index is 1.85. The SMILES string of the molecule is CN1CCN(C(C)(C)CNC2CSCCC2(C)C)CC1. The van der Waals surface area contributed by atoms with E-state index in [1.54, 1.807) is 0 Å². The molecule has 2 saturated heterocycles. The molecule has 0 radical (unpaired) electrons. The molecule has 2 aliphatic rings. The second-order valence-corrected chi connectivity index (χ2v) is 9.00. The van der Waals surface area contributed by atoms with Crippen LogP contribution in [0.25, 0.3) is 0 Å². The molecule has 2 aliphatic heterocycles. The highest BCUT2D eigenvalue weighted by molar-refractivity contribution is 7.99. The molecule has 0 amide bonds. The first-order valence-electron chi connectivity index (χ1n) is 8.06. The third kappa shape index (κ3) is 4.12. The van der Waals surface area contributed by atoms with E-state index >= 15 is 0 Å². The van der Waals surface area contributed by atoms with Crippen LogP contribution in [0.3, 0.4) is 0 Å². The van der Waals surface area contributed by atoms with Crippen LogP contribution in [0.5, 0.6) is 0 Å². The summed E-state index contributed by atoms with van der Waals surface area (Å²) >= 11 is 2.11. The van der Waals surface area contributed by atoms with Crippen LogP contribution in [0.4, 0.5) is 0 Å². The summed E-state index contributed by atoms with van der Waals surface area (Å²) < 4.78 is 0. The lowest BCUT2D eigenvalue weighted by Gasteiger charge is -2.46. The van der Waals surface area contributed by atoms with Gasteiger partial charge < -0.3 is 10.2 Å². The maximum absolute atomic E-state index is 3.88. The van der Waals surface area contributed by atoms with Crippen LogP contribution in [-0.2, 0) is 0 Å². The number of likely N-dealkylation sites (N-methyl/N-ethyl adjacent to an activating group) is 1. The summed E-state index contributed by atoms with van der Waals surface area (Å²) in [6.45, 7) is 15.6. The van der Waals surface area contributed by atoms with Crippen LogP contribution in [0.15, 0.2) is 0 Å². The third-order valence-corrected chi connectivity index (χ3v) is 6.32. The van der Waals surface area contributed by atoms with Gasteiger partial charge >= 0.3 is 0 Å². The van der Waals surface area contributed by atoms with E-state index in [0.717, 1.165) is 6.54 Å². The van der Waals surface area contributed by atoms with E-state index < -0.39 is 0 Å². The van der Waals surface area contributed by atoms with Crippen molar-refractivity contribution in [1.82, 2.24) is 15.1 Å². The fourth-order valence-electron chi connectivity index (χ4n) is 3.17. The van der Waals surface area contributed by atoms with Gasteiger partial charge in [0.1, 0.15) is 0 Å². The number of hydrogen-bond acceptors (Lipinski definition) is 4. The lowest BCUT2D eigenvalue weighted by atomic mass is 9.82. The molecule has 0 saturated carbocycles.